The Bertz CT molecular complexity index is 1100. The molecule has 6 heteroatoms. The maximum atomic E-state index is 12.4. The first-order valence-corrected chi connectivity index (χ1v) is 9.92. The van der Waals surface area contributed by atoms with Crippen molar-refractivity contribution >= 4 is 28.5 Å². The maximum absolute atomic E-state index is 12.4. The average Bonchev–Trinajstić information content (AvgIpc) is 3.04. The Morgan fingerprint density at radius 3 is 2.40 bits per heavy atom. The summed E-state index contributed by atoms with van der Waals surface area (Å²) in [5.41, 5.74) is 4.91. The maximum Gasteiger partial charge on any atom is 0.355 e. The van der Waals surface area contributed by atoms with Gasteiger partial charge in [0.05, 0.1) is 24.8 Å². The summed E-state index contributed by atoms with van der Waals surface area (Å²) < 4.78 is 12.1. The molecule has 1 heterocycles. The first-order valence-electron chi connectivity index (χ1n) is 9.92. The number of hydrogen-bond donors (Lipinski definition) is 1. The fourth-order valence-electron chi connectivity index (χ4n) is 3.32. The number of ether oxygens (including phenoxy) is 2. The van der Waals surface area contributed by atoms with Crippen LogP contribution in [0.5, 0.6) is 0 Å². The van der Waals surface area contributed by atoms with Crippen molar-refractivity contribution in [1.82, 2.24) is 4.57 Å². The Morgan fingerprint density at radius 2 is 1.73 bits per heavy atom. The molecule has 6 nitrogen and oxygen atoms in total. The van der Waals surface area contributed by atoms with Crippen LogP contribution in [-0.4, -0.2) is 29.7 Å². The minimum absolute atomic E-state index is 0.0373. The summed E-state index contributed by atoms with van der Waals surface area (Å²) in [7, 11) is 2.00. The Morgan fingerprint density at radius 1 is 1.03 bits per heavy atom. The predicted molar refractivity (Wildman–Crippen MR) is 118 cm³/mol. The fraction of sp³-hybridized carbons (Fsp3) is 0.250. The largest absolute Gasteiger partial charge is 0.463 e. The van der Waals surface area contributed by atoms with Crippen molar-refractivity contribution in [1.29, 1.82) is 0 Å². The minimum atomic E-state index is -0.609. The number of nitrogens with one attached hydrogen (secondary N) is 1. The van der Waals surface area contributed by atoms with E-state index in [4.69, 9.17) is 9.47 Å². The summed E-state index contributed by atoms with van der Waals surface area (Å²) >= 11 is 0. The van der Waals surface area contributed by atoms with Gasteiger partial charge in [-0.3, -0.25) is 0 Å². The number of anilines is 1. The van der Waals surface area contributed by atoms with E-state index in [1.54, 1.807) is 13.8 Å². The van der Waals surface area contributed by atoms with Crippen molar-refractivity contribution in [2.45, 2.75) is 20.8 Å². The van der Waals surface area contributed by atoms with E-state index in [2.05, 4.69) is 34.1 Å². The molecule has 0 spiro atoms. The van der Waals surface area contributed by atoms with Crippen LogP contribution in [0.25, 0.3) is 22.2 Å². The monoisotopic (exact) mass is 406 g/mol. The van der Waals surface area contributed by atoms with Crippen molar-refractivity contribution in [3.8, 4) is 11.3 Å². The van der Waals surface area contributed by atoms with Gasteiger partial charge in [0.15, 0.2) is 0 Å². The second kappa shape index (κ2) is 9.31. The number of aromatic nitrogens is 1. The lowest BCUT2D eigenvalue weighted by Gasteiger charge is -2.13. The molecule has 3 rings (SSSR count). The molecule has 1 aromatic heterocycles. The summed E-state index contributed by atoms with van der Waals surface area (Å²) in [6.07, 6.45) is 1.13. The van der Waals surface area contributed by atoms with Gasteiger partial charge in [0.25, 0.3) is 0 Å². The molecule has 156 valence electrons. The molecular formula is C24H26N2O4. The Labute approximate surface area is 176 Å². The van der Waals surface area contributed by atoms with Gasteiger partial charge in [-0.25, -0.2) is 9.59 Å². The van der Waals surface area contributed by atoms with Gasteiger partial charge in [0.2, 0.25) is 0 Å². The van der Waals surface area contributed by atoms with E-state index >= 15 is 0 Å². The average molecular weight is 406 g/mol. The summed E-state index contributed by atoms with van der Waals surface area (Å²) in [5.74, 6) is -1.21. The van der Waals surface area contributed by atoms with Gasteiger partial charge in [0.1, 0.15) is 5.70 Å². The number of benzene rings is 2. The van der Waals surface area contributed by atoms with Crippen LogP contribution in [0, 0.1) is 6.92 Å². The van der Waals surface area contributed by atoms with Gasteiger partial charge in [-0.2, -0.15) is 0 Å². The number of fused-ring (bicyclic) bond motifs is 1. The highest BCUT2D eigenvalue weighted by Crippen LogP contribution is 2.31. The van der Waals surface area contributed by atoms with Crippen LogP contribution in [0.2, 0.25) is 0 Å². The van der Waals surface area contributed by atoms with Crippen molar-refractivity contribution < 1.29 is 19.1 Å². The molecule has 0 aliphatic rings. The van der Waals surface area contributed by atoms with E-state index < -0.39 is 11.9 Å². The van der Waals surface area contributed by atoms with E-state index in [-0.39, 0.29) is 18.9 Å². The third-order valence-corrected chi connectivity index (χ3v) is 4.77. The number of aryl methyl sites for hydroxylation is 2. The number of carbonyl (C=O) groups excluding carboxylic acids is 2. The van der Waals surface area contributed by atoms with E-state index in [1.807, 2.05) is 38.2 Å². The minimum Gasteiger partial charge on any atom is -0.463 e. The van der Waals surface area contributed by atoms with Gasteiger partial charge in [-0.05, 0) is 50.1 Å². The molecule has 2 aromatic carbocycles. The molecule has 0 aliphatic carbocycles. The molecule has 0 saturated heterocycles. The van der Waals surface area contributed by atoms with Crippen LogP contribution in [0.3, 0.4) is 0 Å². The highest BCUT2D eigenvalue weighted by atomic mass is 16.5. The van der Waals surface area contributed by atoms with E-state index in [0.717, 1.165) is 33.8 Å². The lowest BCUT2D eigenvalue weighted by molar-refractivity contribution is -0.140. The fourth-order valence-corrected chi connectivity index (χ4v) is 3.32. The molecule has 0 unspecified atom stereocenters. The van der Waals surface area contributed by atoms with Crippen LogP contribution in [0.1, 0.15) is 19.4 Å². The SMILES string of the molecule is CCOC(=O)/C=C(/Nc1cc2c(cc1C)cc(-c1ccccc1)n2C)C(=O)OCC. The second-order valence-corrected chi connectivity index (χ2v) is 6.84. The number of hydrogen-bond acceptors (Lipinski definition) is 5. The first kappa shape index (κ1) is 21.2. The zero-order chi connectivity index (χ0) is 21.7. The number of carbonyl (C=O) groups is 2. The molecule has 0 fully saturated rings. The standard InChI is InChI=1S/C24H26N2O4/c1-5-29-23(27)15-20(24(28)30-6-2)25-19-14-22-18(12-16(19)3)13-21(26(22)4)17-10-8-7-9-11-17/h7-15,25H,5-6H2,1-4H3/b20-15+. The summed E-state index contributed by atoms with van der Waals surface area (Å²) in [5, 5.41) is 4.15. The molecule has 0 aliphatic heterocycles. The van der Waals surface area contributed by atoms with E-state index in [9.17, 15) is 9.59 Å². The lowest BCUT2D eigenvalue weighted by atomic mass is 10.1. The van der Waals surface area contributed by atoms with Crippen LogP contribution in [0.4, 0.5) is 5.69 Å². The van der Waals surface area contributed by atoms with E-state index in [1.165, 1.54) is 0 Å². The molecule has 1 N–H and O–H groups in total. The van der Waals surface area contributed by atoms with Crippen LogP contribution < -0.4 is 5.32 Å². The predicted octanol–water partition coefficient (Wildman–Crippen LogP) is 4.58. The topological polar surface area (TPSA) is 69.6 Å². The highest BCUT2D eigenvalue weighted by molar-refractivity contribution is 6.00. The second-order valence-electron chi connectivity index (χ2n) is 6.84. The summed E-state index contributed by atoms with van der Waals surface area (Å²) in [4.78, 5) is 24.3. The van der Waals surface area contributed by atoms with E-state index in [0.29, 0.717) is 5.69 Å². The van der Waals surface area contributed by atoms with Gasteiger partial charge in [-0.15, -0.1) is 0 Å². The molecular weight excluding hydrogens is 380 g/mol. The van der Waals surface area contributed by atoms with Gasteiger partial charge >= 0.3 is 11.9 Å². The Balaban J connectivity index is 2.02. The zero-order valence-corrected chi connectivity index (χ0v) is 17.7. The number of esters is 2. The summed E-state index contributed by atoms with van der Waals surface area (Å²) in [6, 6.07) is 16.3. The quantitative estimate of drug-likeness (QED) is 0.460. The smallest absolute Gasteiger partial charge is 0.355 e. The first-order chi connectivity index (χ1) is 14.4. The lowest BCUT2D eigenvalue weighted by Crippen LogP contribution is -2.17. The van der Waals surface area contributed by atoms with Crippen molar-refractivity contribution in [2.24, 2.45) is 7.05 Å². The van der Waals surface area contributed by atoms with Crippen molar-refractivity contribution in [3.05, 3.63) is 65.9 Å². The summed E-state index contributed by atoms with van der Waals surface area (Å²) in [6.45, 7) is 5.80. The van der Waals surface area contributed by atoms with Crippen LogP contribution >= 0.6 is 0 Å². The van der Waals surface area contributed by atoms with Crippen LogP contribution in [0.15, 0.2) is 60.3 Å². The highest BCUT2D eigenvalue weighted by Gasteiger charge is 2.16. The Kier molecular flexibility index (Phi) is 6.57. The molecule has 0 amide bonds. The third-order valence-electron chi connectivity index (χ3n) is 4.77. The number of nitrogens with zero attached hydrogens (tertiary/aromatic N) is 1. The normalized spacial score (nSPS) is 11.4. The van der Waals surface area contributed by atoms with Crippen molar-refractivity contribution in [3.63, 3.8) is 0 Å². The Hall–Kier alpha value is -3.54. The molecule has 0 atom stereocenters. The molecule has 30 heavy (non-hydrogen) atoms. The van der Waals surface area contributed by atoms with Gasteiger partial charge in [0, 0.05) is 23.8 Å². The number of rotatable bonds is 7. The van der Waals surface area contributed by atoms with Gasteiger partial charge in [-0.1, -0.05) is 30.3 Å². The van der Waals surface area contributed by atoms with Crippen molar-refractivity contribution in [2.75, 3.05) is 18.5 Å². The molecule has 3 aromatic rings. The molecule has 0 bridgehead atoms. The van der Waals surface area contributed by atoms with Crippen LogP contribution in [-0.2, 0) is 26.1 Å². The third kappa shape index (κ3) is 4.54. The molecule has 0 saturated carbocycles. The zero-order valence-electron chi connectivity index (χ0n) is 17.7. The molecule has 0 radical (unpaired) electrons. The van der Waals surface area contributed by atoms with Gasteiger partial charge < -0.3 is 19.4 Å².